The van der Waals surface area contributed by atoms with Crippen molar-refractivity contribution in [3.8, 4) is 0 Å². The molecule has 1 fully saturated rings. The highest BCUT2D eigenvalue weighted by Crippen LogP contribution is 2.25. The zero-order chi connectivity index (χ0) is 13.9. The number of hydrogen-bond donors (Lipinski definition) is 2. The van der Waals surface area contributed by atoms with Crippen molar-refractivity contribution in [3.63, 3.8) is 0 Å². The minimum Gasteiger partial charge on any atom is -0.380 e. The summed E-state index contributed by atoms with van der Waals surface area (Å²) in [6, 6.07) is 1.49. The molecule has 0 atom stereocenters. The van der Waals surface area contributed by atoms with Crippen LogP contribution < -0.4 is 11.3 Å². The molecule has 2 rings (SSSR count). The van der Waals surface area contributed by atoms with E-state index in [1.807, 2.05) is 0 Å². The zero-order valence-corrected chi connectivity index (χ0v) is 12.6. The van der Waals surface area contributed by atoms with E-state index in [0.29, 0.717) is 37.2 Å². The van der Waals surface area contributed by atoms with E-state index in [-0.39, 0.29) is 10.7 Å². The number of aromatic nitrogens is 1. The summed E-state index contributed by atoms with van der Waals surface area (Å²) in [5.41, 5.74) is 2.31. The van der Waals surface area contributed by atoms with Gasteiger partial charge in [0.25, 0.3) is 0 Å². The Morgan fingerprint density at radius 3 is 2.95 bits per heavy atom. The molecule has 106 valence electrons. The molecule has 1 aromatic rings. The van der Waals surface area contributed by atoms with Crippen LogP contribution in [-0.2, 0) is 14.8 Å². The number of hydrogen-bond acceptors (Lipinski definition) is 6. The summed E-state index contributed by atoms with van der Waals surface area (Å²) in [4.78, 5) is 4.02. The third-order valence-electron chi connectivity index (χ3n) is 2.76. The molecule has 0 unspecified atom stereocenters. The third kappa shape index (κ3) is 3.23. The highest BCUT2D eigenvalue weighted by atomic mass is 79.9. The Balaban J connectivity index is 2.40. The first kappa shape index (κ1) is 14.7. The van der Waals surface area contributed by atoms with Crippen molar-refractivity contribution in [2.45, 2.75) is 11.3 Å². The Morgan fingerprint density at radius 1 is 1.42 bits per heavy atom. The lowest BCUT2D eigenvalue weighted by Crippen LogP contribution is -2.34. The SMILES string of the molecule is NNc1ncc(Br)cc1S(=O)(=O)N1CCCOCC1. The summed E-state index contributed by atoms with van der Waals surface area (Å²) in [6.07, 6.45) is 2.16. The number of nitrogens with one attached hydrogen (secondary N) is 1. The smallest absolute Gasteiger partial charge is 0.246 e. The first-order valence-electron chi connectivity index (χ1n) is 5.76. The van der Waals surface area contributed by atoms with Gasteiger partial charge in [-0.3, -0.25) is 0 Å². The Kier molecular flexibility index (Phi) is 4.74. The average molecular weight is 351 g/mol. The van der Waals surface area contributed by atoms with E-state index in [2.05, 4.69) is 26.3 Å². The van der Waals surface area contributed by atoms with E-state index in [0.717, 1.165) is 0 Å². The van der Waals surface area contributed by atoms with Crippen LogP contribution in [0.3, 0.4) is 0 Å². The maximum atomic E-state index is 12.6. The normalized spacial score (nSPS) is 18.0. The van der Waals surface area contributed by atoms with E-state index < -0.39 is 10.0 Å². The number of halogens is 1. The largest absolute Gasteiger partial charge is 0.380 e. The van der Waals surface area contributed by atoms with Crippen LogP contribution in [0.25, 0.3) is 0 Å². The van der Waals surface area contributed by atoms with Crippen molar-refractivity contribution in [2.24, 2.45) is 5.84 Å². The van der Waals surface area contributed by atoms with Gasteiger partial charge >= 0.3 is 0 Å². The number of hydrazine groups is 1. The van der Waals surface area contributed by atoms with Gasteiger partial charge in [0.15, 0.2) is 5.82 Å². The van der Waals surface area contributed by atoms with E-state index in [1.54, 1.807) is 0 Å². The molecule has 0 aliphatic carbocycles. The fraction of sp³-hybridized carbons (Fsp3) is 0.500. The minimum absolute atomic E-state index is 0.0614. The van der Waals surface area contributed by atoms with Gasteiger partial charge in [0.05, 0.1) is 6.61 Å². The van der Waals surface area contributed by atoms with Gasteiger partial charge in [0.2, 0.25) is 10.0 Å². The first-order valence-corrected chi connectivity index (χ1v) is 7.99. The summed E-state index contributed by atoms with van der Waals surface area (Å²) < 4.78 is 32.4. The number of pyridine rings is 1. The summed E-state index contributed by atoms with van der Waals surface area (Å²) >= 11 is 3.22. The second-order valence-electron chi connectivity index (χ2n) is 4.01. The number of rotatable bonds is 3. The molecule has 19 heavy (non-hydrogen) atoms. The lowest BCUT2D eigenvalue weighted by molar-refractivity contribution is 0.148. The van der Waals surface area contributed by atoms with Gasteiger partial charge in [-0.2, -0.15) is 4.31 Å². The molecule has 0 spiro atoms. The van der Waals surface area contributed by atoms with Gasteiger partial charge in [0.1, 0.15) is 4.90 Å². The molecule has 0 radical (unpaired) electrons. The Morgan fingerprint density at radius 2 is 2.21 bits per heavy atom. The molecular formula is C10H15BrN4O3S. The van der Waals surface area contributed by atoms with Gasteiger partial charge in [0, 0.05) is 30.4 Å². The van der Waals surface area contributed by atoms with Crippen molar-refractivity contribution < 1.29 is 13.2 Å². The molecule has 3 N–H and O–H groups in total. The molecule has 1 aromatic heterocycles. The van der Waals surface area contributed by atoms with Crippen LogP contribution in [0, 0.1) is 0 Å². The molecule has 0 aromatic carbocycles. The minimum atomic E-state index is -3.63. The fourth-order valence-corrected chi connectivity index (χ4v) is 3.91. The quantitative estimate of drug-likeness (QED) is 0.609. The van der Waals surface area contributed by atoms with Crippen LogP contribution in [0.15, 0.2) is 21.6 Å². The maximum absolute atomic E-state index is 12.6. The Hall–Kier alpha value is -0.740. The Bertz CT molecular complexity index is 544. The van der Waals surface area contributed by atoms with Crippen LogP contribution in [0.4, 0.5) is 5.82 Å². The third-order valence-corrected chi connectivity index (χ3v) is 5.10. The molecule has 1 saturated heterocycles. The van der Waals surface area contributed by atoms with Crippen LogP contribution >= 0.6 is 15.9 Å². The van der Waals surface area contributed by atoms with Crippen LogP contribution in [0.2, 0.25) is 0 Å². The van der Waals surface area contributed by atoms with Crippen molar-refractivity contribution in [1.29, 1.82) is 0 Å². The zero-order valence-electron chi connectivity index (χ0n) is 10.2. The van der Waals surface area contributed by atoms with E-state index in [1.165, 1.54) is 16.6 Å². The van der Waals surface area contributed by atoms with Gasteiger partial charge in [-0.25, -0.2) is 19.2 Å². The maximum Gasteiger partial charge on any atom is 0.246 e. The van der Waals surface area contributed by atoms with Crippen molar-refractivity contribution in [2.75, 3.05) is 31.7 Å². The average Bonchev–Trinajstić information content (AvgIpc) is 2.68. The highest BCUT2D eigenvalue weighted by molar-refractivity contribution is 9.10. The molecule has 0 amide bonds. The van der Waals surface area contributed by atoms with E-state index >= 15 is 0 Å². The first-order chi connectivity index (χ1) is 9.05. The predicted octanol–water partition coefficient (Wildman–Crippen LogP) is 0.541. The molecular weight excluding hydrogens is 336 g/mol. The van der Waals surface area contributed by atoms with Gasteiger partial charge in [-0.15, -0.1) is 0 Å². The fourth-order valence-electron chi connectivity index (χ4n) is 1.83. The number of anilines is 1. The standard InChI is InChI=1S/C10H15BrN4O3S/c11-8-6-9(10(14-12)13-7-8)19(16,17)15-2-1-4-18-5-3-15/h6-7H,1-5,12H2,(H,13,14). The summed E-state index contributed by atoms with van der Waals surface area (Å²) in [5, 5.41) is 0. The van der Waals surface area contributed by atoms with E-state index in [9.17, 15) is 8.42 Å². The second kappa shape index (κ2) is 6.14. The van der Waals surface area contributed by atoms with Gasteiger partial charge in [-0.1, -0.05) is 0 Å². The highest BCUT2D eigenvalue weighted by Gasteiger charge is 2.28. The number of sulfonamides is 1. The summed E-state index contributed by atoms with van der Waals surface area (Å²) in [5.74, 6) is 5.46. The van der Waals surface area contributed by atoms with Crippen molar-refractivity contribution >= 4 is 31.8 Å². The monoisotopic (exact) mass is 350 g/mol. The number of ether oxygens (including phenoxy) is 1. The number of nitrogen functional groups attached to an aromatic ring is 1. The summed E-state index contributed by atoms with van der Waals surface area (Å²) in [7, 11) is -3.63. The summed E-state index contributed by atoms with van der Waals surface area (Å²) in [6.45, 7) is 1.73. The molecule has 7 nitrogen and oxygen atoms in total. The lowest BCUT2D eigenvalue weighted by Gasteiger charge is -2.20. The lowest BCUT2D eigenvalue weighted by atomic mass is 10.4. The molecule has 2 heterocycles. The molecule has 9 heteroatoms. The molecule has 0 bridgehead atoms. The van der Waals surface area contributed by atoms with Crippen LogP contribution in [-0.4, -0.2) is 44.0 Å². The van der Waals surface area contributed by atoms with Crippen LogP contribution in [0.1, 0.15) is 6.42 Å². The Labute approximate surface area is 120 Å². The molecule has 0 saturated carbocycles. The predicted molar refractivity (Wildman–Crippen MR) is 73.9 cm³/mol. The van der Waals surface area contributed by atoms with Crippen molar-refractivity contribution in [1.82, 2.24) is 9.29 Å². The number of nitrogens with zero attached hydrogens (tertiary/aromatic N) is 2. The van der Waals surface area contributed by atoms with E-state index in [4.69, 9.17) is 10.6 Å². The van der Waals surface area contributed by atoms with Crippen LogP contribution in [0.5, 0.6) is 0 Å². The molecule has 1 aliphatic heterocycles. The topological polar surface area (TPSA) is 97.5 Å². The van der Waals surface area contributed by atoms with Gasteiger partial charge < -0.3 is 10.2 Å². The second-order valence-corrected chi connectivity index (χ2v) is 6.84. The van der Waals surface area contributed by atoms with Crippen molar-refractivity contribution in [3.05, 3.63) is 16.7 Å². The molecule has 1 aliphatic rings. The van der Waals surface area contributed by atoms with Gasteiger partial charge in [-0.05, 0) is 28.4 Å². The number of nitrogens with two attached hydrogens (primary N) is 1.